The predicted octanol–water partition coefficient (Wildman–Crippen LogP) is 4.92. The highest BCUT2D eigenvalue weighted by Gasteiger charge is 2.13. The molecule has 5 aromatic rings. The monoisotopic (exact) mass is 408 g/mol. The quantitative estimate of drug-likeness (QED) is 0.212. The van der Waals surface area contributed by atoms with Crippen molar-refractivity contribution in [2.75, 3.05) is 0 Å². The number of rotatable bonds is 6. The van der Waals surface area contributed by atoms with Gasteiger partial charge in [-0.05, 0) is 11.5 Å². The average molecular weight is 408 g/mol. The summed E-state index contributed by atoms with van der Waals surface area (Å²) in [7, 11) is 0. The van der Waals surface area contributed by atoms with Gasteiger partial charge >= 0.3 is 0 Å². The highest BCUT2D eigenvalue weighted by atomic mass is 16.2. The molecule has 0 aliphatic heterocycles. The second-order valence-electron chi connectivity index (χ2n) is 7.42. The molecule has 3 aromatic carbocycles. The molecule has 31 heavy (non-hydrogen) atoms. The number of hydrogen-bond acceptors (Lipinski definition) is 3. The number of hydrazone groups is 1. The van der Waals surface area contributed by atoms with Crippen LogP contribution in [0.5, 0.6) is 0 Å². The molecule has 0 bridgehead atoms. The first-order valence-corrected chi connectivity index (χ1v) is 10.1. The van der Waals surface area contributed by atoms with E-state index in [9.17, 15) is 9.59 Å². The second kappa shape index (κ2) is 7.91. The van der Waals surface area contributed by atoms with Crippen LogP contribution in [0, 0.1) is 0 Å². The Morgan fingerprint density at radius 2 is 1.65 bits per heavy atom. The molecule has 0 unspecified atom stereocenters. The molecule has 6 nitrogen and oxygen atoms in total. The van der Waals surface area contributed by atoms with Gasteiger partial charge in [-0.15, -0.1) is 0 Å². The predicted molar refractivity (Wildman–Crippen MR) is 123 cm³/mol. The van der Waals surface area contributed by atoms with Crippen LogP contribution in [0.2, 0.25) is 0 Å². The number of benzene rings is 3. The Kier molecular flexibility index (Phi) is 4.80. The lowest BCUT2D eigenvalue weighted by Crippen LogP contribution is -2.18. The molecule has 2 heterocycles. The SMILES string of the molecule is O=C(CCC(=O)c1c[nH]c2ccccc12)NN=Cc1c[nH]c2c1ccc1ccccc12. The van der Waals surface area contributed by atoms with Crippen LogP contribution in [0.1, 0.15) is 28.8 Å². The van der Waals surface area contributed by atoms with Crippen molar-refractivity contribution in [3.63, 3.8) is 0 Å². The molecule has 6 heteroatoms. The summed E-state index contributed by atoms with van der Waals surface area (Å²) in [4.78, 5) is 31.0. The van der Waals surface area contributed by atoms with Gasteiger partial charge in [-0.25, -0.2) is 5.43 Å². The van der Waals surface area contributed by atoms with E-state index in [-0.39, 0.29) is 24.5 Å². The molecular formula is C25H20N4O2. The topological polar surface area (TPSA) is 90.1 Å². The lowest BCUT2D eigenvalue weighted by atomic mass is 10.1. The molecule has 0 aliphatic rings. The zero-order valence-electron chi connectivity index (χ0n) is 16.7. The molecule has 5 rings (SSSR count). The number of carbonyl (C=O) groups excluding carboxylic acids is 2. The van der Waals surface area contributed by atoms with Gasteiger partial charge in [0.1, 0.15) is 0 Å². The summed E-state index contributed by atoms with van der Waals surface area (Å²) in [6, 6.07) is 19.9. The first-order chi connectivity index (χ1) is 15.2. The van der Waals surface area contributed by atoms with Crippen molar-refractivity contribution in [1.82, 2.24) is 15.4 Å². The number of amides is 1. The number of nitrogens with zero attached hydrogens (tertiary/aromatic N) is 1. The maximum absolute atomic E-state index is 12.5. The van der Waals surface area contributed by atoms with Crippen molar-refractivity contribution in [2.24, 2.45) is 5.10 Å². The third-order valence-corrected chi connectivity index (χ3v) is 5.47. The van der Waals surface area contributed by atoms with Gasteiger partial charge in [-0.3, -0.25) is 9.59 Å². The lowest BCUT2D eigenvalue weighted by molar-refractivity contribution is -0.121. The third-order valence-electron chi connectivity index (χ3n) is 5.47. The normalized spacial score (nSPS) is 11.6. The molecule has 0 fully saturated rings. The van der Waals surface area contributed by atoms with Crippen molar-refractivity contribution in [2.45, 2.75) is 12.8 Å². The minimum absolute atomic E-state index is 0.0694. The molecular weight excluding hydrogens is 388 g/mol. The summed E-state index contributed by atoms with van der Waals surface area (Å²) in [6.45, 7) is 0. The number of carbonyl (C=O) groups is 2. The first kappa shape index (κ1) is 18.8. The molecule has 2 aromatic heterocycles. The standard InChI is InChI=1S/C25H20N4O2/c30-23(21-15-26-22-8-4-3-7-20(21)22)11-12-24(31)29-28-14-17-13-27-25-18-6-2-1-5-16(18)9-10-19(17)25/h1-10,13-15,26-27H,11-12H2,(H,29,31). The summed E-state index contributed by atoms with van der Waals surface area (Å²) in [5.41, 5.74) is 5.96. The van der Waals surface area contributed by atoms with Gasteiger partial charge in [-0.2, -0.15) is 5.10 Å². The fraction of sp³-hybridized carbons (Fsp3) is 0.0800. The number of H-pyrrole nitrogens is 2. The van der Waals surface area contributed by atoms with E-state index >= 15 is 0 Å². The fourth-order valence-corrected chi connectivity index (χ4v) is 3.90. The van der Waals surface area contributed by atoms with Crippen molar-refractivity contribution >= 4 is 50.5 Å². The zero-order valence-corrected chi connectivity index (χ0v) is 16.7. The Balaban J connectivity index is 1.22. The van der Waals surface area contributed by atoms with Gasteiger partial charge in [0.25, 0.3) is 0 Å². The van der Waals surface area contributed by atoms with E-state index in [1.807, 2.05) is 48.7 Å². The van der Waals surface area contributed by atoms with E-state index in [0.717, 1.165) is 38.1 Å². The number of aromatic nitrogens is 2. The van der Waals surface area contributed by atoms with Gasteiger partial charge in [0, 0.05) is 58.0 Å². The average Bonchev–Trinajstić information content (AvgIpc) is 3.42. The molecule has 1 amide bonds. The smallest absolute Gasteiger partial charge is 0.240 e. The van der Waals surface area contributed by atoms with Crippen LogP contribution in [0.4, 0.5) is 0 Å². The van der Waals surface area contributed by atoms with Crippen molar-refractivity contribution < 1.29 is 9.59 Å². The zero-order chi connectivity index (χ0) is 21.2. The van der Waals surface area contributed by atoms with Crippen LogP contribution in [0.25, 0.3) is 32.6 Å². The molecule has 152 valence electrons. The van der Waals surface area contributed by atoms with Crippen molar-refractivity contribution in [3.8, 4) is 0 Å². The van der Waals surface area contributed by atoms with Crippen molar-refractivity contribution in [3.05, 3.63) is 84.2 Å². The molecule has 0 atom stereocenters. The number of ketones is 1. The van der Waals surface area contributed by atoms with Gasteiger partial charge < -0.3 is 9.97 Å². The molecule has 0 radical (unpaired) electrons. The number of aromatic amines is 2. The van der Waals surface area contributed by atoms with Gasteiger partial charge in [-0.1, -0.05) is 54.6 Å². The van der Waals surface area contributed by atoms with Crippen LogP contribution >= 0.6 is 0 Å². The Morgan fingerprint density at radius 1 is 0.839 bits per heavy atom. The summed E-state index contributed by atoms with van der Waals surface area (Å²) in [6.07, 6.45) is 5.39. The van der Waals surface area contributed by atoms with Crippen LogP contribution < -0.4 is 5.43 Å². The Bertz CT molecular complexity index is 1460. The van der Waals surface area contributed by atoms with Gasteiger partial charge in [0.15, 0.2) is 5.78 Å². The van der Waals surface area contributed by atoms with Crippen LogP contribution in [0.15, 0.2) is 78.2 Å². The highest BCUT2D eigenvalue weighted by molar-refractivity contribution is 6.11. The number of fused-ring (bicyclic) bond motifs is 4. The Morgan fingerprint density at radius 3 is 2.55 bits per heavy atom. The maximum atomic E-state index is 12.5. The maximum Gasteiger partial charge on any atom is 0.240 e. The van der Waals surface area contributed by atoms with Crippen LogP contribution in [-0.2, 0) is 4.79 Å². The summed E-state index contributed by atoms with van der Waals surface area (Å²) in [5.74, 6) is -0.366. The molecule has 0 saturated heterocycles. The van der Waals surface area contributed by atoms with E-state index in [2.05, 4.69) is 38.7 Å². The molecule has 0 saturated carbocycles. The van der Waals surface area contributed by atoms with Crippen molar-refractivity contribution in [1.29, 1.82) is 0 Å². The summed E-state index contributed by atoms with van der Waals surface area (Å²) in [5, 5.41) is 8.28. The van der Waals surface area contributed by atoms with Gasteiger partial charge in [0.2, 0.25) is 5.91 Å². The van der Waals surface area contributed by atoms with E-state index < -0.39 is 0 Å². The minimum Gasteiger partial charge on any atom is -0.360 e. The molecule has 0 spiro atoms. The Hall–Kier alpha value is -4.19. The first-order valence-electron chi connectivity index (χ1n) is 10.1. The van der Waals surface area contributed by atoms with E-state index in [0.29, 0.717) is 5.56 Å². The number of hydrogen-bond donors (Lipinski definition) is 3. The fourth-order valence-electron chi connectivity index (χ4n) is 3.90. The van der Waals surface area contributed by atoms with E-state index in [1.165, 1.54) is 0 Å². The lowest BCUT2D eigenvalue weighted by Gasteiger charge is -2.01. The molecule has 3 N–H and O–H groups in total. The number of nitrogens with one attached hydrogen (secondary N) is 3. The van der Waals surface area contributed by atoms with E-state index in [4.69, 9.17) is 0 Å². The second-order valence-corrected chi connectivity index (χ2v) is 7.42. The van der Waals surface area contributed by atoms with E-state index in [1.54, 1.807) is 12.4 Å². The van der Waals surface area contributed by atoms with Gasteiger partial charge in [0.05, 0.1) is 11.7 Å². The van der Waals surface area contributed by atoms with Crippen LogP contribution in [-0.4, -0.2) is 27.9 Å². The Labute approximate surface area is 178 Å². The largest absolute Gasteiger partial charge is 0.360 e. The number of para-hydroxylation sites is 1. The third kappa shape index (κ3) is 3.59. The molecule has 0 aliphatic carbocycles. The number of Topliss-reactive ketones (excluding diaryl/α,β-unsaturated/α-hetero) is 1. The minimum atomic E-state index is -0.297. The van der Waals surface area contributed by atoms with Crippen LogP contribution in [0.3, 0.4) is 0 Å². The highest BCUT2D eigenvalue weighted by Crippen LogP contribution is 2.26. The summed E-state index contributed by atoms with van der Waals surface area (Å²) >= 11 is 0. The summed E-state index contributed by atoms with van der Waals surface area (Å²) < 4.78 is 0.